The second-order valence-corrected chi connectivity index (χ2v) is 7.21. The molecule has 1 aliphatic heterocycles. The Kier molecular flexibility index (Phi) is 5.10. The lowest BCUT2D eigenvalue weighted by Crippen LogP contribution is -2.36. The van der Waals surface area contributed by atoms with Gasteiger partial charge in [-0.05, 0) is 24.1 Å². The molecule has 4 rings (SSSR count). The van der Waals surface area contributed by atoms with E-state index >= 15 is 0 Å². The molecule has 0 bridgehead atoms. The molecule has 0 radical (unpaired) electrons. The number of hydrogen-bond donors (Lipinski definition) is 1. The van der Waals surface area contributed by atoms with Crippen LogP contribution in [0.5, 0.6) is 0 Å². The van der Waals surface area contributed by atoms with Crippen molar-refractivity contribution < 1.29 is 14.7 Å². The number of fused-ring (bicyclic) bond motifs is 3. The summed E-state index contributed by atoms with van der Waals surface area (Å²) in [5.41, 5.74) is 3.26. The number of para-hydroxylation sites is 2. The molecule has 0 fully saturated rings. The van der Waals surface area contributed by atoms with Crippen molar-refractivity contribution in [2.75, 3.05) is 13.1 Å². The standard InChI is InChI=1S/C22H23N3O3/c26-21(10-11-22(27)28)24-13-12-20-23-18-8-4-5-9-19(18)25(20)17(15-24)14-16-6-2-1-3-7-16/h1-9,17H,10-15H2,(H,27,28). The van der Waals surface area contributed by atoms with Crippen molar-refractivity contribution in [2.45, 2.75) is 31.7 Å². The second kappa shape index (κ2) is 7.84. The molecule has 1 unspecified atom stereocenters. The molecular formula is C22H23N3O3. The number of amides is 1. The van der Waals surface area contributed by atoms with Gasteiger partial charge in [0.2, 0.25) is 5.91 Å². The van der Waals surface area contributed by atoms with Crippen molar-refractivity contribution in [2.24, 2.45) is 0 Å². The molecule has 1 amide bonds. The average Bonchev–Trinajstić information content (AvgIpc) is 2.98. The minimum Gasteiger partial charge on any atom is -0.481 e. The van der Waals surface area contributed by atoms with Gasteiger partial charge in [-0.25, -0.2) is 4.98 Å². The van der Waals surface area contributed by atoms with Crippen LogP contribution in [0.1, 0.15) is 30.3 Å². The van der Waals surface area contributed by atoms with Gasteiger partial charge in [0.25, 0.3) is 0 Å². The monoisotopic (exact) mass is 377 g/mol. The molecular weight excluding hydrogens is 354 g/mol. The Hall–Kier alpha value is -3.15. The Morgan fingerprint density at radius 3 is 2.57 bits per heavy atom. The molecule has 1 N–H and O–H groups in total. The molecule has 1 aliphatic rings. The molecule has 144 valence electrons. The molecule has 2 heterocycles. The maximum atomic E-state index is 12.6. The van der Waals surface area contributed by atoms with E-state index in [1.807, 2.05) is 36.4 Å². The second-order valence-electron chi connectivity index (χ2n) is 7.21. The van der Waals surface area contributed by atoms with Crippen molar-refractivity contribution in [1.82, 2.24) is 14.5 Å². The first-order valence-electron chi connectivity index (χ1n) is 9.61. The van der Waals surface area contributed by atoms with Gasteiger partial charge in [-0.15, -0.1) is 0 Å². The van der Waals surface area contributed by atoms with Crippen LogP contribution >= 0.6 is 0 Å². The molecule has 1 aromatic heterocycles. The Bertz CT molecular complexity index is 997. The summed E-state index contributed by atoms with van der Waals surface area (Å²) in [6, 6.07) is 18.4. The van der Waals surface area contributed by atoms with Gasteiger partial charge in [0.1, 0.15) is 5.82 Å². The predicted octanol–water partition coefficient (Wildman–Crippen LogP) is 3.07. The third kappa shape index (κ3) is 3.76. The quantitative estimate of drug-likeness (QED) is 0.741. The van der Waals surface area contributed by atoms with Crippen LogP contribution in [-0.4, -0.2) is 44.5 Å². The van der Waals surface area contributed by atoms with Crippen LogP contribution in [0, 0.1) is 0 Å². The average molecular weight is 377 g/mol. The zero-order valence-electron chi connectivity index (χ0n) is 15.6. The molecule has 0 aliphatic carbocycles. The van der Waals surface area contributed by atoms with Crippen molar-refractivity contribution in [3.63, 3.8) is 0 Å². The lowest BCUT2D eigenvalue weighted by atomic mass is 10.0. The fourth-order valence-electron chi connectivity index (χ4n) is 3.98. The molecule has 0 saturated carbocycles. The van der Waals surface area contributed by atoms with Gasteiger partial charge in [-0.2, -0.15) is 0 Å². The number of carboxylic acids is 1. The van der Waals surface area contributed by atoms with Crippen molar-refractivity contribution >= 4 is 22.9 Å². The van der Waals surface area contributed by atoms with Crippen LogP contribution in [0.15, 0.2) is 54.6 Å². The number of carboxylic acid groups (broad SMARTS) is 1. The van der Waals surface area contributed by atoms with Crippen LogP contribution in [0.25, 0.3) is 11.0 Å². The van der Waals surface area contributed by atoms with Gasteiger partial charge < -0.3 is 14.6 Å². The third-order valence-corrected chi connectivity index (χ3v) is 5.29. The van der Waals surface area contributed by atoms with Gasteiger partial charge in [0.05, 0.1) is 23.5 Å². The highest BCUT2D eigenvalue weighted by Crippen LogP contribution is 2.28. The number of carbonyl (C=O) groups is 2. The van der Waals surface area contributed by atoms with Crippen molar-refractivity contribution in [3.8, 4) is 0 Å². The fourth-order valence-corrected chi connectivity index (χ4v) is 3.98. The number of aliphatic carboxylic acids is 1. The topological polar surface area (TPSA) is 75.4 Å². The molecule has 6 heteroatoms. The van der Waals surface area contributed by atoms with Gasteiger partial charge >= 0.3 is 5.97 Å². The molecule has 6 nitrogen and oxygen atoms in total. The lowest BCUT2D eigenvalue weighted by molar-refractivity contribution is -0.141. The summed E-state index contributed by atoms with van der Waals surface area (Å²) < 4.78 is 2.27. The summed E-state index contributed by atoms with van der Waals surface area (Å²) in [4.78, 5) is 30.1. The van der Waals surface area contributed by atoms with Gasteiger partial charge in [-0.1, -0.05) is 42.5 Å². The fraction of sp³-hybridized carbons (Fsp3) is 0.318. The maximum absolute atomic E-state index is 12.6. The maximum Gasteiger partial charge on any atom is 0.303 e. The van der Waals surface area contributed by atoms with E-state index in [-0.39, 0.29) is 24.8 Å². The molecule has 1 atom stereocenters. The summed E-state index contributed by atoms with van der Waals surface area (Å²) in [6.07, 6.45) is 1.36. The van der Waals surface area contributed by atoms with Gasteiger partial charge in [-0.3, -0.25) is 9.59 Å². The first-order chi connectivity index (χ1) is 13.6. The van der Waals surface area contributed by atoms with Gasteiger partial charge in [0, 0.05) is 25.9 Å². The highest BCUT2D eigenvalue weighted by molar-refractivity contribution is 5.81. The van der Waals surface area contributed by atoms with Crippen LogP contribution < -0.4 is 0 Å². The largest absolute Gasteiger partial charge is 0.481 e. The van der Waals surface area contributed by atoms with Crippen LogP contribution in [-0.2, 0) is 22.4 Å². The molecule has 3 aromatic rings. The van der Waals surface area contributed by atoms with E-state index < -0.39 is 5.97 Å². The van der Waals surface area contributed by atoms with E-state index in [9.17, 15) is 9.59 Å². The van der Waals surface area contributed by atoms with E-state index in [0.717, 1.165) is 23.3 Å². The number of benzene rings is 2. The number of aromatic nitrogens is 2. The van der Waals surface area contributed by atoms with E-state index in [2.05, 4.69) is 22.8 Å². The Balaban J connectivity index is 1.67. The van der Waals surface area contributed by atoms with E-state index in [1.165, 1.54) is 5.56 Å². The first-order valence-corrected chi connectivity index (χ1v) is 9.61. The Labute approximate surface area is 163 Å². The van der Waals surface area contributed by atoms with Crippen LogP contribution in [0.3, 0.4) is 0 Å². The van der Waals surface area contributed by atoms with Gasteiger partial charge in [0.15, 0.2) is 0 Å². The molecule has 0 spiro atoms. The molecule has 28 heavy (non-hydrogen) atoms. The number of carbonyl (C=O) groups excluding carboxylic acids is 1. The summed E-state index contributed by atoms with van der Waals surface area (Å²) in [7, 11) is 0. The SMILES string of the molecule is O=C(O)CCC(=O)N1CCc2nc3ccccc3n2C(Cc2ccccc2)C1. The number of rotatable bonds is 5. The summed E-state index contributed by atoms with van der Waals surface area (Å²) in [6.45, 7) is 1.12. The Morgan fingerprint density at radius 1 is 1.04 bits per heavy atom. The molecule has 2 aromatic carbocycles. The number of hydrogen-bond acceptors (Lipinski definition) is 3. The zero-order valence-corrected chi connectivity index (χ0v) is 15.6. The predicted molar refractivity (Wildman–Crippen MR) is 106 cm³/mol. The number of nitrogens with zero attached hydrogens (tertiary/aromatic N) is 3. The Morgan fingerprint density at radius 2 is 1.79 bits per heavy atom. The normalized spacial score (nSPS) is 16.6. The highest BCUT2D eigenvalue weighted by atomic mass is 16.4. The minimum atomic E-state index is -0.942. The van der Waals surface area contributed by atoms with Crippen LogP contribution in [0.2, 0.25) is 0 Å². The first kappa shape index (κ1) is 18.2. The summed E-state index contributed by atoms with van der Waals surface area (Å²) in [5, 5.41) is 8.91. The van der Waals surface area contributed by atoms with Crippen LogP contribution in [0.4, 0.5) is 0 Å². The van der Waals surface area contributed by atoms with Crippen molar-refractivity contribution in [3.05, 3.63) is 66.0 Å². The summed E-state index contributed by atoms with van der Waals surface area (Å²) in [5.74, 6) is -0.0610. The number of imidazole rings is 1. The van der Waals surface area contributed by atoms with E-state index in [0.29, 0.717) is 19.5 Å². The van der Waals surface area contributed by atoms with E-state index in [1.54, 1.807) is 4.90 Å². The summed E-state index contributed by atoms with van der Waals surface area (Å²) >= 11 is 0. The lowest BCUT2D eigenvalue weighted by Gasteiger charge is -2.26. The minimum absolute atomic E-state index is 0.0381. The molecule has 0 saturated heterocycles. The third-order valence-electron chi connectivity index (χ3n) is 5.29. The zero-order chi connectivity index (χ0) is 19.5. The highest BCUT2D eigenvalue weighted by Gasteiger charge is 2.28. The van der Waals surface area contributed by atoms with Crippen molar-refractivity contribution in [1.29, 1.82) is 0 Å². The van der Waals surface area contributed by atoms with E-state index in [4.69, 9.17) is 10.1 Å². The smallest absolute Gasteiger partial charge is 0.303 e.